The van der Waals surface area contributed by atoms with E-state index in [-0.39, 0.29) is 30.3 Å². The van der Waals surface area contributed by atoms with Crippen molar-refractivity contribution in [2.45, 2.75) is 353 Å². The van der Waals surface area contributed by atoms with Crippen LogP contribution in [-0.4, -0.2) is 398 Å². The molecule has 0 bridgehead atoms. The van der Waals surface area contributed by atoms with Crippen LogP contribution < -0.4 is 0 Å². The summed E-state index contributed by atoms with van der Waals surface area (Å²) in [5.41, 5.74) is -3.26. The molecule has 0 spiro atoms. The lowest BCUT2D eigenvalue weighted by Gasteiger charge is -2.71. The summed E-state index contributed by atoms with van der Waals surface area (Å²) in [5.74, 6) is -1.58. The fourth-order valence-corrected chi connectivity index (χ4v) is 21.4. The highest BCUT2D eigenvalue weighted by Crippen LogP contribution is 2.76. The molecular weight excluding hydrogens is 1520 g/mol. The maximum atomic E-state index is 16.2. The van der Waals surface area contributed by atoms with Gasteiger partial charge in [0.2, 0.25) is 6.29 Å². The van der Waals surface area contributed by atoms with Crippen LogP contribution >= 0.6 is 0 Å². The molecule has 0 radical (unpaired) electrons. The van der Waals surface area contributed by atoms with Crippen LogP contribution in [0.2, 0.25) is 0 Å². The van der Waals surface area contributed by atoms with Crippen LogP contribution in [0.3, 0.4) is 0 Å². The highest BCUT2D eigenvalue weighted by molar-refractivity contribution is 5.79. The van der Waals surface area contributed by atoms with Gasteiger partial charge in [-0.05, 0) is 117 Å². The largest absolute Gasteiger partial charge is 0.432 e. The van der Waals surface area contributed by atoms with Gasteiger partial charge in [0.1, 0.15) is 159 Å². The Morgan fingerprint density at radius 3 is 1.54 bits per heavy atom. The Balaban J connectivity index is 0.759. The lowest BCUT2D eigenvalue weighted by molar-refractivity contribution is -0.389. The first-order valence-corrected chi connectivity index (χ1v) is 40.0. The number of esters is 1. The standard InChI is InChI=1S/C75H122O39/c1-27-40(82)45(87)51(93)64(103-27)111-58-35(21-77)106-61(54(96)49(58)91)102-25-36-44(86)48(90)59(112-63-55(97)56(32(80)23-100-63)109-62-50(92)42(84)31(79)22-99-62)68(107-36)114-69(98)75-17-15-70(3,4)19-30(75)29-9-10-38-71(5)13-12-39(72(6,26-78)37(71)11-14-74(38,8)73(29,7)16-18-75)108-67-60(113-65-52(94)46(88)41(83)28(2)104-65)57(33(81)24-101-67)110-66-53(95)47(89)43(85)34(20-76)105-66/h9,27-28,30-68,76-97H,10-26H2,1-8H3/t27-,28-,30-,31+,32+,33-,34+,35+,36+,37+,38+,39-,40-,41-,42-,43+,44+,45+,46+,47-,48-,49+,50+,51+,52+,53+,54+,55+,56-,57-,58+,59+,60+,61+,62-,63-,64-,65-,66-,67-,68-,71-,72-,73+,74+,75-/m0/s1. The number of ether oxygens (including phenoxy) is 16. The van der Waals surface area contributed by atoms with E-state index in [0.29, 0.717) is 57.8 Å². The number of hydrogen-bond donors (Lipinski definition) is 22. The number of fused-ring (bicyclic) bond motifs is 7. The van der Waals surface area contributed by atoms with Crippen molar-refractivity contribution < 1.29 is 193 Å². The fraction of sp³-hybridized carbons (Fsp3) is 0.960. The molecule has 8 aliphatic heterocycles. The molecule has 114 heavy (non-hydrogen) atoms. The van der Waals surface area contributed by atoms with E-state index in [1.165, 1.54) is 13.8 Å². The smallest absolute Gasteiger partial charge is 0.315 e. The van der Waals surface area contributed by atoms with E-state index >= 15 is 4.79 Å². The van der Waals surface area contributed by atoms with E-state index in [2.05, 4.69) is 40.7 Å². The first kappa shape index (κ1) is 89.5. The zero-order chi connectivity index (χ0) is 82.9. The molecule has 4 saturated carbocycles. The number of hydrogen-bond acceptors (Lipinski definition) is 39. The minimum atomic E-state index is -2.14. The van der Waals surface area contributed by atoms with Crippen molar-refractivity contribution in [2.24, 2.45) is 50.2 Å². The predicted octanol–water partition coefficient (Wildman–Crippen LogP) is -7.79. The van der Waals surface area contributed by atoms with Gasteiger partial charge in [0.05, 0.1) is 70.0 Å². The zero-order valence-electron chi connectivity index (χ0n) is 65.0. The van der Waals surface area contributed by atoms with Gasteiger partial charge >= 0.3 is 5.97 Å². The summed E-state index contributed by atoms with van der Waals surface area (Å²) in [6.45, 7) is 11.3. The van der Waals surface area contributed by atoms with E-state index in [1.54, 1.807) is 0 Å². The molecule has 13 rings (SSSR count). The molecule has 656 valence electrons. The van der Waals surface area contributed by atoms with Gasteiger partial charge in [-0.15, -0.1) is 0 Å². The molecule has 0 aromatic heterocycles. The van der Waals surface area contributed by atoms with Crippen molar-refractivity contribution in [1.82, 2.24) is 0 Å². The molecule has 5 aliphatic carbocycles. The van der Waals surface area contributed by atoms with E-state index in [1.807, 2.05) is 6.92 Å². The van der Waals surface area contributed by atoms with Gasteiger partial charge in [-0.3, -0.25) is 4.79 Å². The predicted molar refractivity (Wildman–Crippen MR) is 374 cm³/mol. The highest BCUT2D eigenvalue weighted by atomic mass is 16.8. The molecule has 0 aromatic carbocycles. The van der Waals surface area contributed by atoms with Gasteiger partial charge in [0.15, 0.2) is 50.1 Å². The second-order valence-electron chi connectivity index (χ2n) is 36.0. The second-order valence-corrected chi connectivity index (χ2v) is 36.0. The summed E-state index contributed by atoms with van der Waals surface area (Å²) in [5, 5.41) is 243. The van der Waals surface area contributed by atoms with Gasteiger partial charge in [0, 0.05) is 5.41 Å². The molecule has 0 aromatic rings. The van der Waals surface area contributed by atoms with Crippen molar-refractivity contribution in [3.05, 3.63) is 11.6 Å². The van der Waals surface area contributed by atoms with Gasteiger partial charge in [-0.2, -0.15) is 0 Å². The third kappa shape index (κ3) is 15.9. The molecule has 39 heteroatoms. The lowest BCUT2D eigenvalue weighted by Crippen LogP contribution is -2.68. The third-order valence-electron chi connectivity index (χ3n) is 28.7. The summed E-state index contributed by atoms with van der Waals surface area (Å²) in [4.78, 5) is 16.2. The Morgan fingerprint density at radius 2 is 0.912 bits per heavy atom. The topological polar surface area (TPSA) is 610 Å². The lowest BCUT2D eigenvalue weighted by atomic mass is 9.33. The zero-order valence-corrected chi connectivity index (χ0v) is 65.0. The van der Waals surface area contributed by atoms with Gasteiger partial charge in [-0.1, -0.05) is 53.2 Å². The van der Waals surface area contributed by atoms with Crippen LogP contribution in [0.4, 0.5) is 0 Å². The maximum Gasteiger partial charge on any atom is 0.315 e. The Kier molecular flexibility index (Phi) is 27.0. The number of aliphatic hydroxyl groups excluding tert-OH is 22. The van der Waals surface area contributed by atoms with Gasteiger partial charge < -0.3 is 188 Å². The SMILES string of the molecule is C[C@@H]1O[C@@H](O[C@H]2[C@H](O[C@H]3CC[C@@]4(C)[C@@H](CC[C@]5(C)[C@@H]4CC=C4[C@@H]6CC(C)(C)CC[C@]6(C(=O)O[C@@H]6O[C@H](CO[C@@H]7O[C@H](CO)[C@@H](O[C@@H]8O[C@@H](C)[C@H](O)[C@@H](O)[C@H]8O)[C@H](O)[C@H]7O)[C@@H](O)[C@H](O)[C@H]6O[C@@H]6OC[C@@H](O)[C@H](O[C@@H]7OC[C@@H](O)[C@H](O)[C@H]7O)[C@H]6O)CC[C@]45C)[C@]3(C)CO)OC[C@H](O)[C@@H]2O[C@@H]2O[C@H](CO)[C@@H](O)[C@H](O)[C@H]2O)[C@H](O)[C@H](O)[C@H]1O. The first-order valence-electron chi connectivity index (χ1n) is 40.0. The van der Waals surface area contributed by atoms with Crippen molar-refractivity contribution in [1.29, 1.82) is 0 Å². The maximum absolute atomic E-state index is 16.2. The average Bonchev–Trinajstić information content (AvgIpc) is 0.673. The van der Waals surface area contributed by atoms with Crippen LogP contribution in [0.1, 0.15) is 120 Å². The molecule has 0 amide bonds. The second kappa shape index (κ2) is 34.4. The summed E-state index contributed by atoms with van der Waals surface area (Å²) >= 11 is 0. The number of carbonyl (C=O) groups excluding carboxylic acids is 1. The number of allylic oxidation sites excluding steroid dienone is 2. The number of carbonyl (C=O) groups is 1. The molecule has 39 nitrogen and oxygen atoms in total. The Morgan fingerprint density at radius 1 is 0.421 bits per heavy atom. The van der Waals surface area contributed by atoms with Crippen LogP contribution in [0.25, 0.3) is 0 Å². The van der Waals surface area contributed by atoms with Crippen molar-refractivity contribution in [3.63, 3.8) is 0 Å². The van der Waals surface area contributed by atoms with E-state index in [9.17, 15) is 112 Å². The molecule has 8 heterocycles. The Labute approximate surface area is 657 Å². The first-order chi connectivity index (χ1) is 53.6. The summed E-state index contributed by atoms with van der Waals surface area (Å²) in [7, 11) is 0. The summed E-state index contributed by atoms with van der Waals surface area (Å²) in [6.07, 6.45) is -58.1. The fourth-order valence-electron chi connectivity index (χ4n) is 21.4. The van der Waals surface area contributed by atoms with Gasteiger partial charge in [0.25, 0.3) is 0 Å². The van der Waals surface area contributed by atoms with E-state index in [0.717, 1.165) is 5.57 Å². The number of aliphatic hydroxyl groups is 22. The summed E-state index contributed by atoms with van der Waals surface area (Å²) < 4.78 is 96.8. The summed E-state index contributed by atoms with van der Waals surface area (Å²) in [6, 6.07) is 0. The van der Waals surface area contributed by atoms with Crippen molar-refractivity contribution in [2.75, 3.05) is 46.2 Å². The molecule has 22 N–H and O–H groups in total. The minimum Gasteiger partial charge on any atom is -0.432 e. The van der Waals surface area contributed by atoms with E-state index in [4.69, 9.17) is 75.8 Å². The highest BCUT2D eigenvalue weighted by Gasteiger charge is 2.71. The minimum absolute atomic E-state index is 0.0565. The van der Waals surface area contributed by atoms with Crippen LogP contribution in [0.5, 0.6) is 0 Å². The molecule has 46 atom stereocenters. The monoisotopic (exact) mass is 1650 g/mol. The Hall–Kier alpha value is -2.27. The van der Waals surface area contributed by atoms with Crippen LogP contribution in [-0.2, 0) is 80.6 Å². The van der Waals surface area contributed by atoms with Crippen molar-refractivity contribution >= 4 is 5.97 Å². The molecule has 13 aliphatic rings. The van der Waals surface area contributed by atoms with Crippen LogP contribution in [0.15, 0.2) is 11.6 Å². The molecule has 0 unspecified atom stereocenters. The van der Waals surface area contributed by atoms with Crippen molar-refractivity contribution in [3.8, 4) is 0 Å². The molecule has 12 fully saturated rings. The Bertz CT molecular complexity index is 3250. The third-order valence-corrected chi connectivity index (χ3v) is 28.7. The van der Waals surface area contributed by atoms with E-state index < -0.39 is 312 Å². The molecular formula is C75H122O39. The average molecular weight is 1650 g/mol. The number of rotatable bonds is 20. The normalized spacial score (nSPS) is 55.2. The quantitative estimate of drug-likeness (QED) is 0.0306. The molecule has 8 saturated heterocycles. The van der Waals surface area contributed by atoms with Crippen LogP contribution in [0, 0.1) is 50.2 Å². The van der Waals surface area contributed by atoms with Gasteiger partial charge in [-0.25, -0.2) is 0 Å².